The molecule has 4 aliphatic rings. The number of amides is 4. The van der Waals surface area contributed by atoms with Crippen LogP contribution >= 0.6 is 0 Å². The second kappa shape index (κ2) is 13.0. The number of benzene rings is 1. The zero-order valence-corrected chi connectivity index (χ0v) is 25.2. The predicted octanol–water partition coefficient (Wildman–Crippen LogP) is 2.81. The van der Waals surface area contributed by atoms with E-state index in [1.54, 1.807) is 4.90 Å². The number of nitrogens with one attached hydrogen (secondary N) is 2. The van der Waals surface area contributed by atoms with Crippen LogP contribution in [0.1, 0.15) is 81.6 Å². The van der Waals surface area contributed by atoms with E-state index in [-0.39, 0.29) is 36.4 Å². The highest BCUT2D eigenvalue weighted by Gasteiger charge is 2.41. The molecule has 2 N–H and O–H groups in total. The van der Waals surface area contributed by atoms with Crippen molar-refractivity contribution < 1.29 is 28.7 Å². The monoisotopic (exact) mass is 583 g/mol. The molecule has 3 fully saturated rings. The first kappa shape index (κ1) is 30.3. The fraction of sp³-hybridized carbons (Fsp3) is 0.677. The summed E-state index contributed by atoms with van der Waals surface area (Å²) in [5.74, 6) is -0.837. The second-order valence-electron chi connectivity index (χ2n) is 12.9. The molecule has 3 aliphatic heterocycles. The molecule has 2 saturated heterocycles. The molecule has 0 aromatic heterocycles. The molecular weight excluding hydrogens is 538 g/mol. The molecule has 3 heterocycles. The third-order valence-electron chi connectivity index (χ3n) is 8.70. The minimum absolute atomic E-state index is 0.0670. The van der Waals surface area contributed by atoms with Gasteiger partial charge in [0, 0.05) is 68.0 Å². The van der Waals surface area contributed by atoms with Crippen molar-refractivity contribution in [3.8, 4) is 0 Å². The van der Waals surface area contributed by atoms with Crippen LogP contribution in [0.2, 0.25) is 0 Å². The van der Waals surface area contributed by atoms with Crippen molar-refractivity contribution in [3.05, 3.63) is 29.3 Å². The van der Waals surface area contributed by atoms with E-state index in [0.29, 0.717) is 18.5 Å². The topological polar surface area (TPSA) is 121 Å². The first-order chi connectivity index (χ1) is 20.1. The van der Waals surface area contributed by atoms with E-state index < -0.39 is 17.6 Å². The van der Waals surface area contributed by atoms with Crippen LogP contribution in [0.5, 0.6) is 0 Å². The SMILES string of the molecule is CC(C)(C)OC(=O)NC1CCC(N(CCCN2CCOCC2)c2cccc3c2CN(C2CCC(=O)NC2=O)C3=O)CC1. The Morgan fingerprint density at radius 1 is 1.10 bits per heavy atom. The highest BCUT2D eigenvalue weighted by atomic mass is 16.6. The largest absolute Gasteiger partial charge is 0.444 e. The van der Waals surface area contributed by atoms with E-state index in [9.17, 15) is 19.2 Å². The average molecular weight is 584 g/mol. The number of nitrogens with zero attached hydrogens (tertiary/aromatic N) is 3. The van der Waals surface area contributed by atoms with Crippen LogP contribution < -0.4 is 15.5 Å². The van der Waals surface area contributed by atoms with Crippen molar-refractivity contribution in [3.63, 3.8) is 0 Å². The first-order valence-corrected chi connectivity index (χ1v) is 15.4. The van der Waals surface area contributed by atoms with Crippen molar-refractivity contribution in [2.45, 2.75) is 96.0 Å². The lowest BCUT2D eigenvalue weighted by Crippen LogP contribution is -2.52. The number of alkyl carbamates (subject to hydrolysis) is 1. The number of carbonyl (C=O) groups is 4. The molecule has 5 rings (SSSR count). The Kier molecular flexibility index (Phi) is 9.37. The number of hydrogen-bond donors (Lipinski definition) is 2. The summed E-state index contributed by atoms with van der Waals surface area (Å²) in [4.78, 5) is 56.8. The normalized spacial score (nSPS) is 25.2. The van der Waals surface area contributed by atoms with Gasteiger partial charge in [0.25, 0.3) is 5.91 Å². The van der Waals surface area contributed by atoms with Gasteiger partial charge in [-0.2, -0.15) is 0 Å². The molecule has 0 radical (unpaired) electrons. The minimum Gasteiger partial charge on any atom is -0.444 e. The first-order valence-electron chi connectivity index (χ1n) is 15.4. The number of fused-ring (bicyclic) bond motifs is 1. The number of anilines is 1. The van der Waals surface area contributed by atoms with Crippen molar-refractivity contribution >= 4 is 29.5 Å². The Bertz CT molecular complexity index is 1170. The standard InChI is InChI=1S/C31H45N5O6/c1-31(2,3)42-30(40)32-21-8-10-22(11-9-21)35(15-5-14-34-16-18-41-19-17-34)25-7-4-6-23-24(25)20-36(29(23)39)26-12-13-27(37)33-28(26)38/h4,6-7,21-22,26H,5,8-20H2,1-3H3,(H,32,40)(H,33,37,38). The molecule has 1 unspecified atom stereocenters. The fourth-order valence-corrected chi connectivity index (χ4v) is 6.63. The Labute approximate surface area is 248 Å². The number of imide groups is 1. The summed E-state index contributed by atoms with van der Waals surface area (Å²) in [6.07, 6.45) is 4.69. The molecular formula is C31H45N5O6. The summed E-state index contributed by atoms with van der Waals surface area (Å²) in [5.41, 5.74) is 2.09. The summed E-state index contributed by atoms with van der Waals surface area (Å²) >= 11 is 0. The van der Waals surface area contributed by atoms with Crippen molar-refractivity contribution in [2.24, 2.45) is 0 Å². The molecule has 11 nitrogen and oxygen atoms in total. The molecule has 1 aliphatic carbocycles. The Hall–Kier alpha value is -3.18. The molecule has 4 amide bonds. The number of morpholine rings is 1. The summed E-state index contributed by atoms with van der Waals surface area (Å²) < 4.78 is 11.0. The maximum Gasteiger partial charge on any atom is 0.407 e. The highest BCUT2D eigenvalue weighted by Crippen LogP contribution is 2.37. The van der Waals surface area contributed by atoms with E-state index >= 15 is 0 Å². The maximum absolute atomic E-state index is 13.5. The molecule has 11 heteroatoms. The smallest absolute Gasteiger partial charge is 0.407 e. The van der Waals surface area contributed by atoms with Gasteiger partial charge in [0.15, 0.2) is 0 Å². The van der Waals surface area contributed by atoms with Crippen LogP contribution in [0.3, 0.4) is 0 Å². The summed E-state index contributed by atoms with van der Waals surface area (Å²) in [7, 11) is 0. The molecule has 230 valence electrons. The van der Waals surface area contributed by atoms with Crippen molar-refractivity contribution in [1.29, 1.82) is 0 Å². The lowest BCUT2D eigenvalue weighted by atomic mass is 9.89. The van der Waals surface area contributed by atoms with Crippen molar-refractivity contribution in [1.82, 2.24) is 20.4 Å². The number of piperidine rings is 1. The third-order valence-corrected chi connectivity index (χ3v) is 8.70. The number of hydrogen-bond acceptors (Lipinski definition) is 8. The van der Waals surface area contributed by atoms with Gasteiger partial charge in [-0.05, 0) is 71.4 Å². The van der Waals surface area contributed by atoms with Crippen LogP contribution in [-0.2, 0) is 25.6 Å². The number of rotatable bonds is 8. The predicted molar refractivity (Wildman–Crippen MR) is 157 cm³/mol. The van der Waals surface area contributed by atoms with E-state index in [1.807, 2.05) is 32.9 Å². The van der Waals surface area contributed by atoms with Crippen LogP contribution in [0.25, 0.3) is 0 Å². The van der Waals surface area contributed by atoms with Gasteiger partial charge in [0.05, 0.1) is 13.2 Å². The fourth-order valence-electron chi connectivity index (χ4n) is 6.63. The molecule has 0 spiro atoms. The third kappa shape index (κ3) is 7.23. The van der Waals surface area contributed by atoms with Gasteiger partial charge in [-0.25, -0.2) is 4.79 Å². The summed E-state index contributed by atoms with van der Waals surface area (Å²) in [5, 5.41) is 5.44. The van der Waals surface area contributed by atoms with Crippen LogP contribution in [-0.4, -0.2) is 96.7 Å². The van der Waals surface area contributed by atoms with Gasteiger partial charge in [-0.3, -0.25) is 24.6 Å². The second-order valence-corrected chi connectivity index (χ2v) is 12.9. The molecule has 1 aromatic carbocycles. The zero-order chi connectivity index (χ0) is 29.9. The van der Waals surface area contributed by atoms with Gasteiger partial charge in [-0.1, -0.05) is 6.07 Å². The molecule has 1 atom stereocenters. The zero-order valence-electron chi connectivity index (χ0n) is 25.2. The maximum atomic E-state index is 13.5. The van der Waals surface area contributed by atoms with E-state index in [1.165, 1.54) is 0 Å². The van der Waals surface area contributed by atoms with Gasteiger partial charge in [0.2, 0.25) is 11.8 Å². The quantitative estimate of drug-likeness (QED) is 0.449. The molecule has 1 saturated carbocycles. The molecule has 0 bridgehead atoms. The Morgan fingerprint density at radius 3 is 2.52 bits per heavy atom. The highest BCUT2D eigenvalue weighted by molar-refractivity contribution is 6.06. The average Bonchev–Trinajstić information content (AvgIpc) is 3.27. The Morgan fingerprint density at radius 2 is 1.83 bits per heavy atom. The van der Waals surface area contributed by atoms with Crippen LogP contribution in [0.15, 0.2) is 18.2 Å². The number of ether oxygens (including phenoxy) is 2. The summed E-state index contributed by atoms with van der Waals surface area (Å²) in [6.45, 7) is 11.2. The van der Waals surface area contributed by atoms with E-state index in [0.717, 1.165) is 82.7 Å². The van der Waals surface area contributed by atoms with Gasteiger partial charge < -0.3 is 24.6 Å². The number of carbonyl (C=O) groups excluding carboxylic acids is 4. The van der Waals surface area contributed by atoms with E-state index in [2.05, 4.69) is 26.5 Å². The van der Waals surface area contributed by atoms with Gasteiger partial charge in [-0.15, -0.1) is 0 Å². The Balaban J connectivity index is 1.31. The molecule has 42 heavy (non-hydrogen) atoms. The van der Waals surface area contributed by atoms with Gasteiger partial charge in [0.1, 0.15) is 11.6 Å². The molecule has 1 aromatic rings. The minimum atomic E-state index is -0.639. The van der Waals surface area contributed by atoms with Crippen molar-refractivity contribution in [2.75, 3.05) is 44.3 Å². The van der Waals surface area contributed by atoms with E-state index in [4.69, 9.17) is 9.47 Å². The van der Waals surface area contributed by atoms with Crippen LogP contribution in [0, 0.1) is 0 Å². The summed E-state index contributed by atoms with van der Waals surface area (Å²) in [6, 6.07) is 5.57. The van der Waals surface area contributed by atoms with Gasteiger partial charge >= 0.3 is 6.09 Å². The van der Waals surface area contributed by atoms with Crippen LogP contribution in [0.4, 0.5) is 10.5 Å². The lowest BCUT2D eigenvalue weighted by Gasteiger charge is -2.40. The lowest BCUT2D eigenvalue weighted by molar-refractivity contribution is -0.136.